The van der Waals surface area contributed by atoms with E-state index in [1.807, 2.05) is 62.4 Å². The summed E-state index contributed by atoms with van der Waals surface area (Å²) in [6, 6.07) is 19.0. The summed E-state index contributed by atoms with van der Waals surface area (Å²) >= 11 is 5.91. The van der Waals surface area contributed by atoms with Crippen molar-refractivity contribution in [2.45, 2.75) is 26.3 Å². The first-order chi connectivity index (χ1) is 18.4. The molecule has 0 radical (unpaired) electrons. The molecule has 0 amide bonds. The average molecular weight is 531 g/mol. The molecule has 4 aromatic rings. The topological polar surface area (TPSA) is 73.2 Å². The summed E-state index contributed by atoms with van der Waals surface area (Å²) in [5.74, 6) is 1.95. The SMILES string of the molecule is COc1cc2c(cc1OC)[C@@H](COc1ccc3c(C)cc(=O)oc3c1)N(C(=S)Nc1ccccc1C)CC2. The second-order valence-corrected chi connectivity index (χ2v) is 9.71. The molecule has 0 fully saturated rings. The molecule has 38 heavy (non-hydrogen) atoms. The van der Waals surface area contributed by atoms with Gasteiger partial charge in [0.1, 0.15) is 17.9 Å². The van der Waals surface area contributed by atoms with E-state index in [2.05, 4.69) is 10.2 Å². The van der Waals surface area contributed by atoms with Crippen molar-refractivity contribution in [3.05, 3.63) is 93.3 Å². The Morgan fingerprint density at radius 2 is 1.79 bits per heavy atom. The summed E-state index contributed by atoms with van der Waals surface area (Å²) in [7, 11) is 3.27. The first kappa shape index (κ1) is 25.6. The van der Waals surface area contributed by atoms with E-state index in [4.69, 9.17) is 30.8 Å². The number of methoxy groups -OCH3 is 2. The fourth-order valence-corrected chi connectivity index (χ4v) is 5.25. The van der Waals surface area contributed by atoms with Gasteiger partial charge in [0.05, 0.1) is 20.3 Å². The number of para-hydroxylation sites is 1. The van der Waals surface area contributed by atoms with Crippen molar-refractivity contribution in [1.29, 1.82) is 0 Å². The molecular weight excluding hydrogens is 500 g/mol. The summed E-state index contributed by atoms with van der Waals surface area (Å²) in [4.78, 5) is 14.1. The normalized spacial score (nSPS) is 14.6. The average Bonchev–Trinajstić information content (AvgIpc) is 2.91. The number of fused-ring (bicyclic) bond motifs is 2. The zero-order chi connectivity index (χ0) is 26.8. The highest BCUT2D eigenvalue weighted by Gasteiger charge is 2.31. The van der Waals surface area contributed by atoms with E-state index < -0.39 is 0 Å². The molecule has 1 aromatic heterocycles. The number of benzene rings is 3. The van der Waals surface area contributed by atoms with Gasteiger partial charge in [-0.05, 0) is 85.1 Å². The Kier molecular flexibility index (Phi) is 7.24. The molecule has 1 aliphatic rings. The number of aryl methyl sites for hydroxylation is 2. The molecule has 0 saturated carbocycles. The fourth-order valence-electron chi connectivity index (χ4n) is 4.92. The maximum Gasteiger partial charge on any atom is 0.336 e. The van der Waals surface area contributed by atoms with Gasteiger partial charge in [0, 0.05) is 29.8 Å². The molecule has 1 aliphatic heterocycles. The Bertz CT molecular complexity index is 1560. The van der Waals surface area contributed by atoms with Crippen molar-refractivity contribution in [2.75, 3.05) is 32.7 Å². The quantitative estimate of drug-likeness (QED) is 0.248. The van der Waals surface area contributed by atoms with Crippen LogP contribution < -0.4 is 25.2 Å². The predicted octanol–water partition coefficient (Wildman–Crippen LogP) is 5.80. The monoisotopic (exact) mass is 530 g/mol. The lowest BCUT2D eigenvalue weighted by molar-refractivity contribution is 0.190. The molecule has 1 N–H and O–H groups in total. The Balaban J connectivity index is 1.48. The highest BCUT2D eigenvalue weighted by molar-refractivity contribution is 7.80. The number of ether oxygens (including phenoxy) is 3. The number of anilines is 1. The number of thiocarbonyl (C=S) groups is 1. The molecule has 5 rings (SSSR count). The molecular formula is C30H30N2O5S. The minimum absolute atomic E-state index is 0.192. The van der Waals surface area contributed by atoms with Gasteiger partial charge in [0.15, 0.2) is 16.6 Å². The third kappa shape index (κ3) is 5.04. The van der Waals surface area contributed by atoms with Crippen molar-refractivity contribution >= 4 is 34.0 Å². The van der Waals surface area contributed by atoms with E-state index in [1.54, 1.807) is 20.3 Å². The van der Waals surface area contributed by atoms with E-state index in [-0.39, 0.29) is 11.7 Å². The van der Waals surface area contributed by atoms with E-state index in [0.717, 1.165) is 39.7 Å². The smallest absolute Gasteiger partial charge is 0.336 e. The maximum absolute atomic E-state index is 11.9. The number of rotatable bonds is 6. The van der Waals surface area contributed by atoms with Crippen LogP contribution in [-0.4, -0.2) is 37.4 Å². The Morgan fingerprint density at radius 3 is 2.55 bits per heavy atom. The minimum Gasteiger partial charge on any atom is -0.493 e. The molecule has 0 aliphatic carbocycles. The van der Waals surface area contributed by atoms with E-state index in [1.165, 1.54) is 6.07 Å². The van der Waals surface area contributed by atoms with Crippen LogP contribution >= 0.6 is 12.2 Å². The van der Waals surface area contributed by atoms with Crippen LogP contribution in [0.15, 0.2) is 69.9 Å². The Hall–Kier alpha value is -4.04. The Labute approximate surface area is 226 Å². The summed E-state index contributed by atoms with van der Waals surface area (Å²) in [5.41, 5.74) is 5.28. The zero-order valence-electron chi connectivity index (χ0n) is 21.9. The lowest BCUT2D eigenvalue weighted by Crippen LogP contribution is -2.44. The molecule has 196 valence electrons. The van der Waals surface area contributed by atoms with E-state index in [0.29, 0.717) is 41.1 Å². The van der Waals surface area contributed by atoms with Crippen molar-refractivity contribution < 1.29 is 18.6 Å². The molecule has 2 heterocycles. The van der Waals surface area contributed by atoms with Gasteiger partial charge in [-0.2, -0.15) is 0 Å². The maximum atomic E-state index is 11.9. The minimum atomic E-state index is -0.381. The van der Waals surface area contributed by atoms with Crippen LogP contribution in [0.5, 0.6) is 17.2 Å². The van der Waals surface area contributed by atoms with Crippen LogP contribution in [0.3, 0.4) is 0 Å². The predicted molar refractivity (Wildman–Crippen MR) is 153 cm³/mol. The standard InChI is InChI=1S/C30H30N2O5S/c1-18-7-5-6-8-24(18)31-30(38)32-12-11-20-14-27(34-3)28(35-4)16-23(20)25(32)17-36-21-9-10-22-19(2)13-29(33)37-26(22)15-21/h5-10,13-16,25H,11-12,17H2,1-4H3,(H,31,38)/t25-/m1/s1. The van der Waals surface area contributed by atoms with Crippen molar-refractivity contribution in [2.24, 2.45) is 0 Å². The molecule has 7 nitrogen and oxygen atoms in total. The molecule has 0 unspecified atom stereocenters. The van der Waals surface area contributed by atoms with Gasteiger partial charge >= 0.3 is 5.63 Å². The lowest BCUT2D eigenvalue weighted by atomic mass is 9.92. The fraction of sp³-hybridized carbons (Fsp3) is 0.267. The lowest BCUT2D eigenvalue weighted by Gasteiger charge is -2.39. The van der Waals surface area contributed by atoms with Crippen molar-refractivity contribution in [3.8, 4) is 17.2 Å². The van der Waals surface area contributed by atoms with Gasteiger partial charge < -0.3 is 28.8 Å². The van der Waals surface area contributed by atoms with Crippen LogP contribution in [0.1, 0.15) is 28.3 Å². The molecule has 0 saturated heterocycles. The molecule has 0 spiro atoms. The zero-order valence-corrected chi connectivity index (χ0v) is 22.7. The van der Waals surface area contributed by atoms with Crippen LogP contribution in [0.4, 0.5) is 5.69 Å². The van der Waals surface area contributed by atoms with Gasteiger partial charge in [-0.1, -0.05) is 18.2 Å². The number of nitrogens with zero attached hydrogens (tertiary/aromatic N) is 1. The van der Waals surface area contributed by atoms with Gasteiger partial charge in [0.25, 0.3) is 0 Å². The molecule has 3 aromatic carbocycles. The van der Waals surface area contributed by atoms with Crippen LogP contribution in [0, 0.1) is 13.8 Å². The van der Waals surface area contributed by atoms with Crippen LogP contribution in [-0.2, 0) is 6.42 Å². The highest BCUT2D eigenvalue weighted by Crippen LogP contribution is 2.39. The Morgan fingerprint density at radius 1 is 1.03 bits per heavy atom. The second kappa shape index (κ2) is 10.8. The highest BCUT2D eigenvalue weighted by atomic mass is 32.1. The third-order valence-corrected chi connectivity index (χ3v) is 7.32. The van der Waals surface area contributed by atoms with Crippen molar-refractivity contribution in [3.63, 3.8) is 0 Å². The molecule has 0 bridgehead atoms. The van der Waals surface area contributed by atoms with Gasteiger partial charge in [-0.15, -0.1) is 0 Å². The van der Waals surface area contributed by atoms with Gasteiger partial charge in [-0.3, -0.25) is 0 Å². The first-order valence-corrected chi connectivity index (χ1v) is 12.8. The third-order valence-electron chi connectivity index (χ3n) is 6.98. The van der Waals surface area contributed by atoms with E-state index >= 15 is 0 Å². The van der Waals surface area contributed by atoms with E-state index in [9.17, 15) is 4.79 Å². The summed E-state index contributed by atoms with van der Waals surface area (Å²) < 4.78 is 22.9. The summed E-state index contributed by atoms with van der Waals surface area (Å²) in [6.45, 7) is 4.97. The van der Waals surface area contributed by atoms with Gasteiger partial charge in [-0.25, -0.2) is 4.79 Å². The van der Waals surface area contributed by atoms with Crippen LogP contribution in [0.25, 0.3) is 11.0 Å². The summed E-state index contributed by atoms with van der Waals surface area (Å²) in [5, 5.41) is 4.92. The number of hydrogen-bond donors (Lipinski definition) is 1. The largest absolute Gasteiger partial charge is 0.493 e. The second-order valence-electron chi connectivity index (χ2n) is 9.33. The molecule has 8 heteroatoms. The summed E-state index contributed by atoms with van der Waals surface area (Å²) in [6.07, 6.45) is 0.794. The van der Waals surface area contributed by atoms with Gasteiger partial charge in [0.2, 0.25) is 0 Å². The molecule has 1 atom stereocenters. The first-order valence-electron chi connectivity index (χ1n) is 12.4. The number of nitrogens with one attached hydrogen (secondary N) is 1. The van der Waals surface area contributed by atoms with Crippen LogP contribution in [0.2, 0.25) is 0 Å². The van der Waals surface area contributed by atoms with Crippen molar-refractivity contribution in [1.82, 2.24) is 4.90 Å². The number of hydrogen-bond acceptors (Lipinski definition) is 6.